The molecule has 25 heavy (non-hydrogen) atoms. The first-order chi connectivity index (χ1) is 11.7. The maximum atomic E-state index is 12.5. The molecular weight excluding hydrogens is 324 g/mol. The largest absolute Gasteiger partial charge is 0.497 e. The number of carboxylic acid groups (broad SMARTS) is 1. The SMILES string of the molecule is COc1ccc2[nH]c3c(c2c1)CCN(C(=O)OC(C)(C)C)[C@@H]3C(=O)O. The van der Waals surface area contributed by atoms with Gasteiger partial charge in [0.05, 0.1) is 12.8 Å². The third-order valence-electron chi connectivity index (χ3n) is 4.20. The molecule has 2 aromatic rings. The molecule has 7 heteroatoms. The number of benzene rings is 1. The van der Waals surface area contributed by atoms with Crippen LogP contribution in [0.5, 0.6) is 5.75 Å². The van der Waals surface area contributed by atoms with Gasteiger partial charge >= 0.3 is 12.1 Å². The predicted molar refractivity (Wildman–Crippen MR) is 91.9 cm³/mol. The molecule has 1 aliphatic rings. The zero-order chi connectivity index (χ0) is 18.4. The van der Waals surface area contributed by atoms with Crippen molar-refractivity contribution in [1.82, 2.24) is 9.88 Å². The van der Waals surface area contributed by atoms with E-state index in [1.807, 2.05) is 18.2 Å². The van der Waals surface area contributed by atoms with Crippen LogP contribution in [0.1, 0.15) is 38.1 Å². The van der Waals surface area contributed by atoms with Gasteiger partial charge < -0.3 is 19.6 Å². The van der Waals surface area contributed by atoms with E-state index in [0.29, 0.717) is 17.9 Å². The van der Waals surface area contributed by atoms with Crippen LogP contribution in [0.25, 0.3) is 10.9 Å². The Morgan fingerprint density at radius 3 is 2.64 bits per heavy atom. The van der Waals surface area contributed by atoms with Crippen LogP contribution in [0.3, 0.4) is 0 Å². The Labute approximate surface area is 145 Å². The van der Waals surface area contributed by atoms with Crippen molar-refractivity contribution >= 4 is 23.0 Å². The fourth-order valence-corrected chi connectivity index (χ4v) is 3.17. The molecule has 1 aromatic carbocycles. The molecule has 1 aliphatic heterocycles. The summed E-state index contributed by atoms with van der Waals surface area (Å²) in [7, 11) is 1.59. The van der Waals surface area contributed by atoms with Crippen LogP contribution < -0.4 is 4.74 Å². The summed E-state index contributed by atoms with van der Waals surface area (Å²) in [5.74, 6) is -0.388. The van der Waals surface area contributed by atoms with Crippen molar-refractivity contribution < 1.29 is 24.2 Å². The number of hydrogen-bond donors (Lipinski definition) is 2. The molecule has 0 saturated carbocycles. The van der Waals surface area contributed by atoms with Gasteiger partial charge in [-0.05, 0) is 51.0 Å². The molecule has 0 unspecified atom stereocenters. The first-order valence-corrected chi connectivity index (χ1v) is 8.12. The summed E-state index contributed by atoms with van der Waals surface area (Å²) in [6.07, 6.45) is -0.0762. The summed E-state index contributed by atoms with van der Waals surface area (Å²) < 4.78 is 10.6. The summed E-state index contributed by atoms with van der Waals surface area (Å²) in [6.45, 7) is 5.55. The number of amides is 1. The zero-order valence-electron chi connectivity index (χ0n) is 14.8. The van der Waals surface area contributed by atoms with Crippen molar-refractivity contribution in [1.29, 1.82) is 0 Å². The maximum absolute atomic E-state index is 12.5. The van der Waals surface area contributed by atoms with E-state index in [9.17, 15) is 14.7 Å². The maximum Gasteiger partial charge on any atom is 0.411 e. The van der Waals surface area contributed by atoms with Gasteiger partial charge in [0.15, 0.2) is 6.04 Å². The monoisotopic (exact) mass is 346 g/mol. The summed E-state index contributed by atoms with van der Waals surface area (Å²) in [5, 5.41) is 10.7. The molecule has 0 bridgehead atoms. The minimum atomic E-state index is -1.10. The highest BCUT2D eigenvalue weighted by Crippen LogP contribution is 2.36. The lowest BCUT2D eigenvalue weighted by molar-refractivity contribution is -0.144. The smallest absolute Gasteiger partial charge is 0.411 e. The van der Waals surface area contributed by atoms with E-state index in [4.69, 9.17) is 9.47 Å². The molecule has 3 rings (SSSR count). The van der Waals surface area contributed by atoms with Gasteiger partial charge in [0.2, 0.25) is 0 Å². The average molecular weight is 346 g/mol. The predicted octanol–water partition coefficient (Wildman–Crippen LogP) is 3.10. The van der Waals surface area contributed by atoms with Gasteiger partial charge in [-0.15, -0.1) is 0 Å². The van der Waals surface area contributed by atoms with E-state index in [2.05, 4.69) is 4.98 Å². The fraction of sp³-hybridized carbons (Fsp3) is 0.444. The van der Waals surface area contributed by atoms with Crippen molar-refractivity contribution in [3.8, 4) is 5.75 Å². The second kappa shape index (κ2) is 5.98. The number of methoxy groups -OCH3 is 1. The summed E-state index contributed by atoms with van der Waals surface area (Å²) in [4.78, 5) is 28.8. The second-order valence-corrected chi connectivity index (χ2v) is 7.09. The molecule has 0 fully saturated rings. The highest BCUT2D eigenvalue weighted by atomic mass is 16.6. The first-order valence-electron chi connectivity index (χ1n) is 8.12. The lowest BCUT2D eigenvalue weighted by Crippen LogP contribution is -2.45. The van der Waals surface area contributed by atoms with E-state index >= 15 is 0 Å². The lowest BCUT2D eigenvalue weighted by atomic mass is 9.97. The van der Waals surface area contributed by atoms with E-state index < -0.39 is 23.7 Å². The van der Waals surface area contributed by atoms with Gasteiger partial charge in [-0.1, -0.05) is 0 Å². The van der Waals surface area contributed by atoms with Crippen molar-refractivity contribution in [2.75, 3.05) is 13.7 Å². The number of carbonyl (C=O) groups is 2. The van der Waals surface area contributed by atoms with Crippen molar-refractivity contribution in [2.24, 2.45) is 0 Å². The van der Waals surface area contributed by atoms with Crippen molar-refractivity contribution in [3.05, 3.63) is 29.5 Å². The Morgan fingerprint density at radius 2 is 2.04 bits per heavy atom. The number of carboxylic acids is 1. The number of aromatic amines is 1. The van der Waals surface area contributed by atoms with Crippen LogP contribution in [0, 0.1) is 0 Å². The van der Waals surface area contributed by atoms with Crippen LogP contribution in [0.4, 0.5) is 4.79 Å². The third-order valence-corrected chi connectivity index (χ3v) is 4.20. The number of nitrogens with one attached hydrogen (secondary N) is 1. The number of fused-ring (bicyclic) bond motifs is 3. The number of ether oxygens (including phenoxy) is 2. The lowest BCUT2D eigenvalue weighted by Gasteiger charge is -2.34. The van der Waals surface area contributed by atoms with Gasteiger partial charge in [0.1, 0.15) is 11.4 Å². The summed E-state index contributed by atoms with van der Waals surface area (Å²) in [6, 6.07) is 4.44. The molecule has 1 amide bonds. The fourth-order valence-electron chi connectivity index (χ4n) is 3.17. The van der Waals surface area contributed by atoms with Gasteiger partial charge in [0.25, 0.3) is 0 Å². The molecule has 0 saturated heterocycles. The van der Waals surface area contributed by atoms with Gasteiger partial charge in [0, 0.05) is 17.4 Å². The highest BCUT2D eigenvalue weighted by molar-refractivity contribution is 5.90. The van der Waals surface area contributed by atoms with Crippen LogP contribution >= 0.6 is 0 Å². The topological polar surface area (TPSA) is 91.9 Å². The first kappa shape index (κ1) is 17.1. The highest BCUT2D eigenvalue weighted by Gasteiger charge is 2.40. The zero-order valence-corrected chi connectivity index (χ0v) is 14.8. The van der Waals surface area contributed by atoms with E-state index in [0.717, 1.165) is 16.5 Å². The van der Waals surface area contributed by atoms with Crippen LogP contribution in [-0.2, 0) is 16.0 Å². The Balaban J connectivity index is 2.04. The molecule has 2 N–H and O–H groups in total. The summed E-state index contributed by atoms with van der Waals surface area (Å²) >= 11 is 0. The van der Waals surface area contributed by atoms with Gasteiger partial charge in [-0.3, -0.25) is 4.90 Å². The van der Waals surface area contributed by atoms with E-state index in [-0.39, 0.29) is 6.54 Å². The Morgan fingerprint density at radius 1 is 1.32 bits per heavy atom. The number of aromatic nitrogens is 1. The number of aliphatic carboxylic acids is 1. The minimum absolute atomic E-state index is 0.281. The molecule has 0 aliphatic carbocycles. The summed E-state index contributed by atoms with van der Waals surface area (Å²) in [5.41, 5.74) is 1.56. The van der Waals surface area contributed by atoms with Gasteiger partial charge in [-0.2, -0.15) is 0 Å². The molecule has 1 atom stereocenters. The van der Waals surface area contributed by atoms with E-state index in [1.165, 1.54) is 4.90 Å². The Hall–Kier alpha value is -2.70. The molecule has 134 valence electrons. The quantitative estimate of drug-likeness (QED) is 0.872. The normalized spacial score (nSPS) is 17.3. The molecule has 0 radical (unpaired) electrons. The van der Waals surface area contributed by atoms with Crippen LogP contribution in [-0.4, -0.2) is 46.3 Å². The standard InChI is InChI=1S/C18H22N2O5/c1-18(2,3)25-17(23)20-8-7-11-12-9-10(24-4)5-6-13(12)19-14(11)15(20)16(21)22/h5-6,9,15,19H,7-8H2,1-4H3,(H,21,22)/t15-/m0/s1. The molecule has 1 aromatic heterocycles. The Kier molecular flexibility index (Phi) is 4.10. The second-order valence-electron chi connectivity index (χ2n) is 7.09. The van der Waals surface area contributed by atoms with Crippen molar-refractivity contribution in [2.45, 2.75) is 38.8 Å². The minimum Gasteiger partial charge on any atom is -0.497 e. The number of nitrogens with zero attached hydrogens (tertiary/aromatic N) is 1. The van der Waals surface area contributed by atoms with Crippen LogP contribution in [0.2, 0.25) is 0 Å². The van der Waals surface area contributed by atoms with Crippen molar-refractivity contribution in [3.63, 3.8) is 0 Å². The third kappa shape index (κ3) is 3.14. The molecule has 0 spiro atoms. The molecular formula is C18H22N2O5. The number of hydrogen-bond acceptors (Lipinski definition) is 4. The Bertz CT molecular complexity index is 834. The number of carbonyl (C=O) groups excluding carboxylic acids is 1. The average Bonchev–Trinajstić information content (AvgIpc) is 2.89. The molecule has 2 heterocycles. The van der Waals surface area contributed by atoms with Gasteiger partial charge in [-0.25, -0.2) is 9.59 Å². The number of rotatable bonds is 2. The van der Waals surface area contributed by atoms with E-state index in [1.54, 1.807) is 27.9 Å². The van der Waals surface area contributed by atoms with Crippen LogP contribution in [0.15, 0.2) is 18.2 Å². The number of H-pyrrole nitrogens is 1. The molecule has 7 nitrogen and oxygen atoms in total.